The van der Waals surface area contributed by atoms with Gasteiger partial charge in [-0.3, -0.25) is 0 Å². The van der Waals surface area contributed by atoms with Crippen LogP contribution in [0.1, 0.15) is 115 Å². The minimum Gasteiger partial charge on any atom is -0.458 e. The van der Waals surface area contributed by atoms with Crippen molar-refractivity contribution in [2.75, 3.05) is 20.8 Å². The van der Waals surface area contributed by atoms with Crippen LogP contribution < -0.4 is 0 Å². The second-order valence-corrected chi connectivity index (χ2v) is 19.1. The summed E-state index contributed by atoms with van der Waals surface area (Å²) in [7, 11) is 3.19. The lowest BCUT2D eigenvalue weighted by molar-refractivity contribution is -0.286. The number of oxazole rings is 2. The van der Waals surface area contributed by atoms with E-state index >= 15 is 0 Å². The predicted octanol–water partition coefficient (Wildman–Crippen LogP) is 8.82. The Morgan fingerprint density at radius 1 is 1.01 bits per heavy atom. The van der Waals surface area contributed by atoms with Crippen LogP contribution in [-0.4, -0.2) is 114 Å². The third-order valence-corrected chi connectivity index (χ3v) is 13.6. The molecule has 15 nitrogen and oxygen atoms in total. The molecule has 8 bridgehead atoms. The third-order valence-electron chi connectivity index (χ3n) is 13.4. The molecule has 0 unspecified atom stereocenters. The predicted molar refractivity (Wildman–Crippen MR) is 254 cm³/mol. The van der Waals surface area contributed by atoms with Gasteiger partial charge in [-0.1, -0.05) is 79.6 Å². The molecule has 0 amide bonds. The number of halogens is 1. The number of carbonyl (C=O) groups excluding carboxylic acids is 1. The number of aromatic nitrogens is 2. The summed E-state index contributed by atoms with van der Waals surface area (Å²) >= 11 is 5.68. The van der Waals surface area contributed by atoms with Gasteiger partial charge in [0.1, 0.15) is 30.0 Å². The third kappa shape index (κ3) is 14.1. The minimum absolute atomic E-state index is 0.0613. The van der Waals surface area contributed by atoms with E-state index in [1.54, 1.807) is 38.7 Å². The first-order valence-corrected chi connectivity index (χ1v) is 24.3. The number of ether oxygens (including phenoxy) is 8. The van der Waals surface area contributed by atoms with E-state index in [1.807, 2.05) is 58.1 Å². The number of carbonyl (C=O) groups is 1. The fourth-order valence-corrected chi connectivity index (χ4v) is 10.0. The van der Waals surface area contributed by atoms with Crippen molar-refractivity contribution in [1.82, 2.24) is 9.97 Å². The molecule has 5 aliphatic heterocycles. The Kier molecular flexibility index (Phi) is 18.5. The number of allylic oxidation sites excluding steroid dienone is 2. The maximum atomic E-state index is 13.5. The minimum atomic E-state index is -1.73. The smallest absolute Gasteiger partial charge is 0.330 e. The fourth-order valence-electron chi connectivity index (χ4n) is 9.90. The molecule has 4 saturated heterocycles. The highest BCUT2D eigenvalue weighted by Gasteiger charge is 2.45. The van der Waals surface area contributed by atoms with Crippen LogP contribution in [0.25, 0.3) is 12.2 Å². The number of rotatable bonds is 12. The molecule has 7 heterocycles. The van der Waals surface area contributed by atoms with Gasteiger partial charge in [-0.05, 0) is 70.1 Å². The fraction of sp³-hybridized carbons (Fsp3) is 0.596. The molecule has 2 aromatic heterocycles. The highest BCUT2D eigenvalue weighted by molar-refractivity contribution is 6.25. The lowest BCUT2D eigenvalue weighted by Gasteiger charge is -2.44. The molecule has 372 valence electrons. The quantitative estimate of drug-likeness (QED) is 0.117. The van der Waals surface area contributed by atoms with Crippen LogP contribution in [0.3, 0.4) is 0 Å². The van der Waals surface area contributed by atoms with Crippen molar-refractivity contribution in [3.8, 4) is 0 Å². The number of aliphatic hydroxyl groups excluding tert-OH is 1. The lowest BCUT2D eigenvalue weighted by atomic mass is 9.79. The first kappa shape index (κ1) is 51.8. The summed E-state index contributed by atoms with van der Waals surface area (Å²) in [6, 6.07) is 0. The molecule has 5 aliphatic rings. The van der Waals surface area contributed by atoms with Crippen molar-refractivity contribution in [3.63, 3.8) is 0 Å². The number of fused-ring (bicyclic) bond motifs is 9. The van der Waals surface area contributed by atoms with Crippen LogP contribution in [0.15, 0.2) is 92.7 Å². The highest BCUT2D eigenvalue weighted by Crippen LogP contribution is 2.39. The van der Waals surface area contributed by atoms with Crippen LogP contribution in [0.5, 0.6) is 0 Å². The average molecular weight is 966 g/mol. The van der Waals surface area contributed by atoms with Gasteiger partial charge in [0.2, 0.25) is 12.2 Å². The normalized spacial score (nSPS) is 35.4. The van der Waals surface area contributed by atoms with E-state index in [0.29, 0.717) is 62.4 Å². The second-order valence-electron chi connectivity index (χ2n) is 18.9. The summed E-state index contributed by atoms with van der Waals surface area (Å²) in [6.45, 7) is 12.7. The van der Waals surface area contributed by atoms with Crippen LogP contribution in [0.4, 0.5) is 0 Å². The molecule has 14 atom stereocenters. The second kappa shape index (κ2) is 24.2. The number of hydrogen-bond acceptors (Lipinski definition) is 15. The Morgan fingerprint density at radius 2 is 1.82 bits per heavy atom. The van der Waals surface area contributed by atoms with E-state index in [0.717, 1.165) is 29.6 Å². The molecule has 7 rings (SSSR count). The van der Waals surface area contributed by atoms with Gasteiger partial charge in [-0.2, -0.15) is 0 Å². The van der Waals surface area contributed by atoms with Gasteiger partial charge in [-0.15, -0.1) is 0 Å². The average Bonchev–Trinajstić information content (AvgIpc) is 3.97. The van der Waals surface area contributed by atoms with Gasteiger partial charge in [0, 0.05) is 56.9 Å². The van der Waals surface area contributed by atoms with E-state index < -0.39 is 48.6 Å². The SMILES string of the molecule is C=C1C[C@@H]2C[C@@H]3CCO[C@@H](O3)c3coc(n3)/C=C/C[C@H]3O[C@@H](/C(C)=C/c4coc(C[C@@]5(O)C[C@H](OC)C[C@H]([C@H](O)/C=C(C)/C=C/[C@@H](C/C=C/Cl)OC)O5)n4)[C@H](C)[C@@H](OC(=O)/C=C\C[C@@H](C1)O2)[C@H]3C. The summed E-state index contributed by atoms with van der Waals surface area (Å²) in [5.41, 5.74) is 5.27. The van der Waals surface area contributed by atoms with Crippen LogP contribution >= 0.6 is 11.6 Å². The topological polar surface area (TPSA) is 183 Å². The number of aliphatic hydroxyl groups is 2. The van der Waals surface area contributed by atoms with Crippen molar-refractivity contribution in [3.05, 3.63) is 107 Å². The maximum absolute atomic E-state index is 13.5. The summed E-state index contributed by atoms with van der Waals surface area (Å²) in [5.74, 6) is -1.92. The number of methoxy groups -OCH3 is 2. The Hall–Kier alpha value is -4.00. The monoisotopic (exact) mass is 964 g/mol. The summed E-state index contributed by atoms with van der Waals surface area (Å²) < 4.78 is 61.0. The van der Waals surface area contributed by atoms with Crippen molar-refractivity contribution in [2.24, 2.45) is 11.8 Å². The highest BCUT2D eigenvalue weighted by atomic mass is 35.5. The van der Waals surface area contributed by atoms with Crippen LogP contribution in [-0.2, 0) is 49.1 Å². The Bertz CT molecular complexity index is 2180. The molecule has 2 aromatic rings. The van der Waals surface area contributed by atoms with Crippen molar-refractivity contribution < 1.29 is 61.7 Å². The molecular formula is C52H69ClN2O13. The van der Waals surface area contributed by atoms with Gasteiger partial charge in [0.05, 0.1) is 68.0 Å². The van der Waals surface area contributed by atoms with Gasteiger partial charge in [0.25, 0.3) is 0 Å². The summed E-state index contributed by atoms with van der Waals surface area (Å²) in [5, 5.41) is 23.0. The van der Waals surface area contributed by atoms with E-state index in [4.69, 9.17) is 63.3 Å². The Balaban J connectivity index is 1.06. The molecule has 0 aromatic carbocycles. The van der Waals surface area contributed by atoms with E-state index in [-0.39, 0.29) is 61.1 Å². The Morgan fingerprint density at radius 3 is 2.62 bits per heavy atom. The van der Waals surface area contributed by atoms with Gasteiger partial charge in [-0.25, -0.2) is 14.8 Å². The van der Waals surface area contributed by atoms with Crippen molar-refractivity contribution in [2.45, 2.75) is 165 Å². The maximum Gasteiger partial charge on any atom is 0.330 e. The molecule has 16 heteroatoms. The molecular weight excluding hydrogens is 896 g/mol. The Labute approximate surface area is 404 Å². The molecule has 0 saturated carbocycles. The lowest BCUT2D eigenvalue weighted by Crippen LogP contribution is -2.51. The van der Waals surface area contributed by atoms with Crippen LogP contribution in [0.2, 0.25) is 0 Å². The van der Waals surface area contributed by atoms with Crippen molar-refractivity contribution >= 4 is 29.7 Å². The van der Waals surface area contributed by atoms with Gasteiger partial charge >= 0.3 is 5.97 Å². The van der Waals surface area contributed by atoms with E-state index in [2.05, 4.69) is 11.6 Å². The molecule has 0 aliphatic carbocycles. The molecule has 0 spiro atoms. The van der Waals surface area contributed by atoms with Gasteiger partial charge < -0.3 is 56.9 Å². The van der Waals surface area contributed by atoms with E-state index in [1.165, 1.54) is 17.9 Å². The molecule has 68 heavy (non-hydrogen) atoms. The zero-order valence-electron chi connectivity index (χ0n) is 40.1. The first-order valence-electron chi connectivity index (χ1n) is 23.8. The molecule has 0 radical (unpaired) electrons. The summed E-state index contributed by atoms with van der Waals surface area (Å²) in [4.78, 5) is 22.9. The zero-order chi connectivity index (χ0) is 48.4. The van der Waals surface area contributed by atoms with E-state index in [9.17, 15) is 15.0 Å². The number of hydrogen-bond donors (Lipinski definition) is 2. The zero-order valence-corrected chi connectivity index (χ0v) is 40.8. The van der Waals surface area contributed by atoms with Crippen LogP contribution in [0, 0.1) is 11.8 Å². The van der Waals surface area contributed by atoms with Crippen molar-refractivity contribution in [1.29, 1.82) is 0 Å². The molecule has 4 fully saturated rings. The molecule has 2 N–H and O–H groups in total. The number of nitrogens with zero attached hydrogens (tertiary/aromatic N) is 2. The standard InChI is InChI=1S/C52H69ClN2O13/c1-31(16-17-37(59-6)12-10-19-53)23-43(56)45-26-41(60-7)27-52(58,68-45)28-47-54-36(29-62-47)24-33(3)49-35(5)50-34(4)44(66-49)13-9-14-46-55-42(30-63-46)51-61-20-18-39(65-51)25-40-22-32(2)21-38(64-40)11-8-15-48(57)67-50/h8-10,14-17,19,23-24,29-30,34-35,37-41,43-45,49-51,56,58H,2,11-13,18,20-22,25-28H2,1,3-7H3/b14-9+,15-8-,17-16+,19-10+,31-23+,33-24+/t34-,35-,37+,38-,39-,40+,41+,43+,44+,45+,49-,50-,51-,52+/m0/s1. The van der Waals surface area contributed by atoms with Gasteiger partial charge in [0.15, 0.2) is 11.7 Å². The largest absolute Gasteiger partial charge is 0.458 e. The first-order chi connectivity index (χ1) is 32.7. The summed E-state index contributed by atoms with van der Waals surface area (Å²) in [6.07, 6.45) is 19.7. The number of esters is 1.